The molecule has 24 heavy (non-hydrogen) atoms. The molecule has 2 aliphatic rings. The third-order valence-electron chi connectivity index (χ3n) is 5.04. The number of rotatable bonds is 3. The van der Waals surface area contributed by atoms with Crippen LogP contribution in [0.5, 0.6) is 0 Å². The average Bonchev–Trinajstić information content (AvgIpc) is 3.00. The van der Waals surface area contributed by atoms with Gasteiger partial charge in [0.1, 0.15) is 0 Å². The van der Waals surface area contributed by atoms with E-state index in [4.69, 9.17) is 5.73 Å². The number of benzene rings is 1. The molecule has 3 amide bonds. The summed E-state index contributed by atoms with van der Waals surface area (Å²) >= 11 is 0. The van der Waals surface area contributed by atoms with Gasteiger partial charge in [0.05, 0.1) is 5.92 Å². The molecule has 3 rings (SSSR count). The number of primary amides is 1. The summed E-state index contributed by atoms with van der Waals surface area (Å²) < 4.78 is 0. The Bertz CT molecular complexity index is 656. The summed E-state index contributed by atoms with van der Waals surface area (Å²) in [6.45, 7) is 3.10. The van der Waals surface area contributed by atoms with E-state index in [0.29, 0.717) is 18.5 Å². The maximum atomic E-state index is 12.8. The lowest BCUT2D eigenvalue weighted by atomic mass is 9.92. The van der Waals surface area contributed by atoms with Gasteiger partial charge in [-0.3, -0.25) is 14.4 Å². The Balaban J connectivity index is 1.74. The first-order valence-corrected chi connectivity index (χ1v) is 8.48. The molecule has 2 aliphatic heterocycles. The van der Waals surface area contributed by atoms with Crippen LogP contribution in [0.4, 0.5) is 5.69 Å². The van der Waals surface area contributed by atoms with E-state index >= 15 is 0 Å². The molecule has 2 N–H and O–H groups in total. The first kappa shape index (κ1) is 16.5. The van der Waals surface area contributed by atoms with E-state index in [1.165, 1.54) is 0 Å². The van der Waals surface area contributed by atoms with Crippen LogP contribution in [0.15, 0.2) is 24.3 Å². The zero-order chi connectivity index (χ0) is 17.3. The minimum absolute atomic E-state index is 0.0900. The highest BCUT2D eigenvalue weighted by Gasteiger charge is 2.32. The van der Waals surface area contributed by atoms with Gasteiger partial charge in [0.15, 0.2) is 0 Å². The maximum absolute atomic E-state index is 12.8. The number of carbonyl (C=O) groups excluding carboxylic acids is 3. The van der Waals surface area contributed by atoms with Gasteiger partial charge in [0.2, 0.25) is 11.8 Å². The zero-order valence-corrected chi connectivity index (χ0v) is 13.9. The van der Waals surface area contributed by atoms with E-state index in [1.807, 2.05) is 19.1 Å². The van der Waals surface area contributed by atoms with Crippen LogP contribution in [0.3, 0.4) is 0 Å². The lowest BCUT2D eigenvalue weighted by molar-refractivity contribution is -0.123. The zero-order valence-electron chi connectivity index (χ0n) is 13.9. The Labute approximate surface area is 141 Å². The molecule has 2 atom stereocenters. The smallest absolute Gasteiger partial charge is 0.254 e. The van der Waals surface area contributed by atoms with E-state index in [9.17, 15) is 14.4 Å². The van der Waals surface area contributed by atoms with Crippen LogP contribution >= 0.6 is 0 Å². The van der Waals surface area contributed by atoms with Crippen LogP contribution in [-0.4, -0.2) is 41.8 Å². The van der Waals surface area contributed by atoms with Crippen molar-refractivity contribution in [3.05, 3.63) is 29.8 Å². The summed E-state index contributed by atoms with van der Waals surface area (Å²) in [6, 6.07) is 7.23. The van der Waals surface area contributed by atoms with E-state index in [0.717, 1.165) is 31.5 Å². The summed E-state index contributed by atoms with van der Waals surface area (Å²) in [7, 11) is 0. The summed E-state index contributed by atoms with van der Waals surface area (Å²) in [4.78, 5) is 39.5. The fraction of sp³-hybridized carbons (Fsp3) is 0.500. The van der Waals surface area contributed by atoms with E-state index in [1.54, 1.807) is 21.9 Å². The van der Waals surface area contributed by atoms with Crippen LogP contribution in [0.25, 0.3) is 0 Å². The summed E-state index contributed by atoms with van der Waals surface area (Å²) in [5.41, 5.74) is 6.80. The molecule has 6 nitrogen and oxygen atoms in total. The number of likely N-dealkylation sites (tertiary alicyclic amines) is 1. The van der Waals surface area contributed by atoms with Crippen molar-refractivity contribution in [3.63, 3.8) is 0 Å². The molecule has 0 spiro atoms. The largest absolute Gasteiger partial charge is 0.369 e. The molecule has 0 bridgehead atoms. The summed E-state index contributed by atoms with van der Waals surface area (Å²) in [6.07, 6.45) is 2.97. The number of piperidine rings is 1. The van der Waals surface area contributed by atoms with Gasteiger partial charge >= 0.3 is 0 Å². The molecule has 0 radical (unpaired) electrons. The number of nitrogens with two attached hydrogens (primary N) is 1. The lowest BCUT2D eigenvalue weighted by Gasteiger charge is -2.37. The first-order valence-electron chi connectivity index (χ1n) is 8.48. The van der Waals surface area contributed by atoms with Crippen molar-refractivity contribution in [1.29, 1.82) is 0 Å². The lowest BCUT2D eigenvalue weighted by Crippen LogP contribution is -2.48. The number of nitrogens with zero attached hydrogens (tertiary/aromatic N) is 2. The van der Waals surface area contributed by atoms with Crippen LogP contribution < -0.4 is 10.6 Å². The Hall–Kier alpha value is -2.37. The molecule has 0 aliphatic carbocycles. The van der Waals surface area contributed by atoms with E-state index in [-0.39, 0.29) is 29.7 Å². The normalized spacial score (nSPS) is 24.3. The first-order chi connectivity index (χ1) is 11.5. The van der Waals surface area contributed by atoms with Crippen molar-refractivity contribution in [3.8, 4) is 0 Å². The van der Waals surface area contributed by atoms with Crippen molar-refractivity contribution >= 4 is 23.4 Å². The Kier molecular flexibility index (Phi) is 4.55. The van der Waals surface area contributed by atoms with Crippen LogP contribution in [0.1, 0.15) is 43.0 Å². The third kappa shape index (κ3) is 3.13. The molecule has 0 saturated carbocycles. The topological polar surface area (TPSA) is 83.7 Å². The van der Waals surface area contributed by atoms with Crippen LogP contribution in [0, 0.1) is 5.92 Å². The maximum Gasteiger partial charge on any atom is 0.254 e. The average molecular weight is 329 g/mol. The molecule has 0 aromatic heterocycles. The molecular formula is C18H23N3O3. The molecule has 6 heteroatoms. The van der Waals surface area contributed by atoms with Crippen molar-refractivity contribution in [1.82, 2.24) is 4.90 Å². The molecule has 2 saturated heterocycles. The van der Waals surface area contributed by atoms with Gasteiger partial charge in [-0.15, -0.1) is 0 Å². The molecule has 2 fully saturated rings. The summed E-state index contributed by atoms with van der Waals surface area (Å²) in [5.74, 6) is -0.579. The molecule has 1 aromatic carbocycles. The van der Waals surface area contributed by atoms with Gasteiger partial charge in [-0.25, -0.2) is 0 Å². The fourth-order valence-electron chi connectivity index (χ4n) is 3.49. The Morgan fingerprint density at radius 3 is 2.46 bits per heavy atom. The Morgan fingerprint density at radius 1 is 1.17 bits per heavy atom. The SMILES string of the molecule is C[C@@H]1CC[C@@H](C(N)=O)CN1C(=O)c1ccc(N2CCCC2=O)cc1. The van der Waals surface area contributed by atoms with Gasteiger partial charge in [-0.2, -0.15) is 0 Å². The van der Waals surface area contributed by atoms with Crippen molar-refractivity contribution in [2.75, 3.05) is 18.0 Å². The van der Waals surface area contributed by atoms with Gasteiger partial charge in [-0.05, 0) is 50.5 Å². The predicted molar refractivity (Wildman–Crippen MR) is 90.4 cm³/mol. The van der Waals surface area contributed by atoms with Crippen molar-refractivity contribution in [2.45, 2.75) is 38.6 Å². The number of hydrogen-bond acceptors (Lipinski definition) is 3. The minimum Gasteiger partial charge on any atom is -0.369 e. The quantitative estimate of drug-likeness (QED) is 0.913. The standard InChI is InChI=1S/C18H23N3O3/c1-12-4-5-14(17(19)23)11-21(12)18(24)13-6-8-15(9-7-13)20-10-2-3-16(20)22/h6-9,12,14H,2-5,10-11H2,1H3,(H2,19,23)/t12-,14-/m1/s1. The monoisotopic (exact) mass is 329 g/mol. The second-order valence-corrected chi connectivity index (χ2v) is 6.68. The van der Waals surface area contributed by atoms with Crippen LogP contribution in [-0.2, 0) is 9.59 Å². The van der Waals surface area contributed by atoms with Gasteiger partial charge in [0.25, 0.3) is 5.91 Å². The number of carbonyl (C=O) groups is 3. The molecular weight excluding hydrogens is 306 g/mol. The molecule has 1 aromatic rings. The molecule has 128 valence electrons. The Morgan fingerprint density at radius 2 is 1.88 bits per heavy atom. The molecule has 2 heterocycles. The third-order valence-corrected chi connectivity index (χ3v) is 5.04. The number of hydrogen-bond donors (Lipinski definition) is 1. The number of anilines is 1. The van der Waals surface area contributed by atoms with Gasteiger partial charge in [0, 0.05) is 36.8 Å². The minimum atomic E-state index is -0.345. The van der Waals surface area contributed by atoms with Crippen LogP contribution in [0.2, 0.25) is 0 Å². The van der Waals surface area contributed by atoms with Crippen molar-refractivity contribution < 1.29 is 14.4 Å². The highest BCUT2D eigenvalue weighted by Crippen LogP contribution is 2.25. The highest BCUT2D eigenvalue weighted by molar-refractivity contribution is 5.98. The fourth-order valence-corrected chi connectivity index (χ4v) is 3.49. The van der Waals surface area contributed by atoms with Gasteiger partial charge < -0.3 is 15.5 Å². The molecule has 0 unspecified atom stereocenters. The second-order valence-electron chi connectivity index (χ2n) is 6.68. The van der Waals surface area contributed by atoms with E-state index in [2.05, 4.69) is 0 Å². The second kappa shape index (κ2) is 6.63. The summed E-state index contributed by atoms with van der Waals surface area (Å²) in [5, 5.41) is 0. The number of amides is 3. The predicted octanol–water partition coefficient (Wildman–Crippen LogP) is 1.54. The van der Waals surface area contributed by atoms with E-state index < -0.39 is 0 Å². The highest BCUT2D eigenvalue weighted by atomic mass is 16.2. The van der Waals surface area contributed by atoms with Crippen molar-refractivity contribution in [2.24, 2.45) is 11.7 Å². The van der Waals surface area contributed by atoms with Gasteiger partial charge in [-0.1, -0.05) is 0 Å².